The van der Waals surface area contributed by atoms with Crippen molar-refractivity contribution in [1.29, 1.82) is 0 Å². The molecule has 0 amide bonds. The highest BCUT2D eigenvalue weighted by molar-refractivity contribution is 5.68. The molecule has 0 aromatic heterocycles. The van der Waals surface area contributed by atoms with E-state index in [4.69, 9.17) is 5.11 Å². The van der Waals surface area contributed by atoms with E-state index in [9.17, 15) is 18.0 Å². The van der Waals surface area contributed by atoms with Gasteiger partial charge in [0, 0.05) is 0 Å². The summed E-state index contributed by atoms with van der Waals surface area (Å²) in [6.45, 7) is 0.675. The molecule has 0 heterocycles. The van der Waals surface area contributed by atoms with Gasteiger partial charge in [-0.25, -0.2) is 0 Å². The molecule has 0 aliphatic rings. The first kappa shape index (κ1) is 14.1. The maximum Gasteiger partial charge on any atom is 0.411 e. The predicted octanol–water partition coefficient (Wildman–Crippen LogP) is 1.21. The molecule has 8 heteroatoms. The molecule has 90 valence electrons. The third-order valence-corrected chi connectivity index (χ3v) is 1.84. The topological polar surface area (TPSA) is 59.0 Å². The molecule has 0 saturated carbocycles. The lowest BCUT2D eigenvalue weighted by Crippen LogP contribution is -2.56. The van der Waals surface area contributed by atoms with Crippen molar-refractivity contribution in [3.63, 3.8) is 0 Å². The summed E-state index contributed by atoms with van der Waals surface area (Å²) < 4.78 is 37.9. The molecule has 0 aliphatic heterocycles. The standard InChI is InChI=1S/C7H12F3NO4/c1-6(4-5(12)13,7(8,9)10)11(14-2)15-3/h4H2,1-3H3,(H,12,13). The minimum atomic E-state index is -4.79. The van der Waals surface area contributed by atoms with Gasteiger partial charge >= 0.3 is 12.1 Å². The highest BCUT2D eigenvalue weighted by Crippen LogP contribution is 2.38. The number of hydrogen-bond donors (Lipinski definition) is 1. The highest BCUT2D eigenvalue weighted by Gasteiger charge is 2.58. The minimum Gasteiger partial charge on any atom is -0.481 e. The number of carbonyl (C=O) groups is 1. The van der Waals surface area contributed by atoms with Crippen LogP contribution in [-0.2, 0) is 14.5 Å². The van der Waals surface area contributed by atoms with E-state index in [2.05, 4.69) is 9.68 Å². The lowest BCUT2D eigenvalue weighted by atomic mass is 9.98. The van der Waals surface area contributed by atoms with Gasteiger partial charge in [0.1, 0.15) is 0 Å². The second kappa shape index (κ2) is 4.77. The van der Waals surface area contributed by atoms with E-state index in [0.717, 1.165) is 14.2 Å². The van der Waals surface area contributed by atoms with Gasteiger partial charge in [-0.05, 0) is 6.92 Å². The molecule has 0 radical (unpaired) electrons. The molecule has 0 spiro atoms. The fraction of sp³-hybridized carbons (Fsp3) is 0.857. The van der Waals surface area contributed by atoms with Crippen molar-refractivity contribution in [1.82, 2.24) is 5.23 Å². The summed E-state index contributed by atoms with van der Waals surface area (Å²) in [6.07, 6.45) is -5.98. The van der Waals surface area contributed by atoms with Gasteiger partial charge in [-0.15, -0.1) is 0 Å². The first-order chi connectivity index (χ1) is 6.69. The van der Waals surface area contributed by atoms with Crippen molar-refractivity contribution in [3.05, 3.63) is 0 Å². The minimum absolute atomic E-state index is 0.112. The fourth-order valence-corrected chi connectivity index (χ4v) is 1.04. The Morgan fingerprint density at radius 2 is 1.73 bits per heavy atom. The number of nitrogens with zero attached hydrogens (tertiary/aromatic N) is 1. The average molecular weight is 231 g/mol. The molecule has 0 bridgehead atoms. The molecule has 0 saturated heterocycles. The maximum atomic E-state index is 12.6. The number of carboxylic acids is 1. The van der Waals surface area contributed by atoms with Crippen molar-refractivity contribution in [2.45, 2.75) is 25.1 Å². The van der Waals surface area contributed by atoms with Crippen LogP contribution >= 0.6 is 0 Å². The van der Waals surface area contributed by atoms with E-state index < -0.39 is 24.1 Å². The number of carboxylic acid groups (broad SMARTS) is 1. The van der Waals surface area contributed by atoms with Crippen LogP contribution in [0.5, 0.6) is 0 Å². The van der Waals surface area contributed by atoms with Crippen molar-refractivity contribution in [3.8, 4) is 0 Å². The number of hydroxylamine groups is 2. The van der Waals surface area contributed by atoms with Crippen LogP contribution in [0.15, 0.2) is 0 Å². The Morgan fingerprint density at radius 3 is 1.93 bits per heavy atom. The van der Waals surface area contributed by atoms with E-state index >= 15 is 0 Å². The van der Waals surface area contributed by atoms with Crippen molar-refractivity contribution in [2.24, 2.45) is 0 Å². The van der Waals surface area contributed by atoms with E-state index in [-0.39, 0.29) is 5.23 Å². The van der Waals surface area contributed by atoms with Gasteiger partial charge in [-0.1, -0.05) is 5.23 Å². The molecule has 1 unspecified atom stereocenters. The summed E-state index contributed by atoms with van der Waals surface area (Å²) in [5.74, 6) is -1.60. The monoisotopic (exact) mass is 231 g/mol. The van der Waals surface area contributed by atoms with Crippen molar-refractivity contribution < 1.29 is 32.7 Å². The van der Waals surface area contributed by atoms with Crippen LogP contribution < -0.4 is 0 Å². The van der Waals surface area contributed by atoms with Crippen LogP contribution in [0.4, 0.5) is 13.2 Å². The Morgan fingerprint density at radius 1 is 1.33 bits per heavy atom. The van der Waals surface area contributed by atoms with E-state index in [1.165, 1.54) is 0 Å². The maximum absolute atomic E-state index is 12.6. The summed E-state index contributed by atoms with van der Waals surface area (Å²) in [5, 5.41) is 8.53. The van der Waals surface area contributed by atoms with Gasteiger partial charge in [0.25, 0.3) is 0 Å². The zero-order chi connectivity index (χ0) is 12.3. The molecule has 5 nitrogen and oxygen atoms in total. The smallest absolute Gasteiger partial charge is 0.411 e. The fourth-order valence-electron chi connectivity index (χ4n) is 1.04. The lowest BCUT2D eigenvalue weighted by Gasteiger charge is -2.37. The number of alkyl halides is 3. The predicted molar refractivity (Wildman–Crippen MR) is 42.6 cm³/mol. The first-order valence-corrected chi connectivity index (χ1v) is 3.86. The summed E-state index contributed by atoms with van der Waals surface area (Å²) in [4.78, 5) is 19.0. The summed E-state index contributed by atoms with van der Waals surface area (Å²) in [6, 6.07) is 0. The van der Waals surface area contributed by atoms with Gasteiger partial charge in [0.15, 0.2) is 5.54 Å². The second-order valence-corrected chi connectivity index (χ2v) is 2.96. The Kier molecular flexibility index (Phi) is 4.50. The SMILES string of the molecule is CON(OC)C(C)(CC(=O)O)C(F)(F)F. The molecule has 1 atom stereocenters. The van der Waals surface area contributed by atoms with Crippen LogP contribution in [0.3, 0.4) is 0 Å². The molecule has 15 heavy (non-hydrogen) atoms. The molecular weight excluding hydrogens is 219 g/mol. The third-order valence-electron chi connectivity index (χ3n) is 1.84. The molecule has 0 fully saturated rings. The Balaban J connectivity index is 5.09. The zero-order valence-corrected chi connectivity index (χ0v) is 8.46. The Hall–Kier alpha value is -0.860. The molecule has 0 aliphatic carbocycles. The largest absolute Gasteiger partial charge is 0.481 e. The highest BCUT2D eigenvalue weighted by atomic mass is 19.4. The third kappa shape index (κ3) is 3.05. The molecule has 1 N–H and O–H groups in total. The normalized spacial score (nSPS) is 16.5. The van der Waals surface area contributed by atoms with Crippen LogP contribution in [-0.4, -0.2) is 42.2 Å². The molecule has 0 aromatic carbocycles. The summed E-state index contributed by atoms with van der Waals surface area (Å²) in [7, 11) is 1.91. The molecular formula is C7H12F3NO4. The average Bonchev–Trinajstić information content (AvgIpc) is 2.02. The van der Waals surface area contributed by atoms with Crippen LogP contribution in [0.1, 0.15) is 13.3 Å². The Bertz CT molecular complexity index is 229. The zero-order valence-electron chi connectivity index (χ0n) is 8.46. The lowest BCUT2D eigenvalue weighted by molar-refractivity contribution is -0.433. The number of aliphatic carboxylic acids is 1. The van der Waals surface area contributed by atoms with Gasteiger partial charge in [0.2, 0.25) is 0 Å². The van der Waals surface area contributed by atoms with Gasteiger partial charge in [-0.2, -0.15) is 13.2 Å². The van der Waals surface area contributed by atoms with Gasteiger partial charge < -0.3 is 5.11 Å². The summed E-state index contributed by atoms with van der Waals surface area (Å²) >= 11 is 0. The van der Waals surface area contributed by atoms with E-state index in [1.54, 1.807) is 0 Å². The number of hydrogen-bond acceptors (Lipinski definition) is 4. The first-order valence-electron chi connectivity index (χ1n) is 3.86. The quantitative estimate of drug-likeness (QED) is 0.720. The van der Waals surface area contributed by atoms with Crippen molar-refractivity contribution >= 4 is 5.97 Å². The molecule has 0 aromatic rings. The number of rotatable bonds is 5. The van der Waals surface area contributed by atoms with Crippen LogP contribution in [0.2, 0.25) is 0 Å². The Labute approximate surface area is 84.3 Å². The van der Waals surface area contributed by atoms with Crippen molar-refractivity contribution in [2.75, 3.05) is 14.2 Å². The van der Waals surface area contributed by atoms with Gasteiger partial charge in [0.05, 0.1) is 20.6 Å². The second-order valence-electron chi connectivity index (χ2n) is 2.96. The number of halogens is 3. The van der Waals surface area contributed by atoms with E-state index in [1.807, 2.05) is 0 Å². The van der Waals surface area contributed by atoms with Crippen LogP contribution in [0, 0.1) is 0 Å². The molecule has 0 rings (SSSR count). The summed E-state index contributed by atoms with van der Waals surface area (Å²) in [5.41, 5.74) is -2.73. The van der Waals surface area contributed by atoms with Gasteiger partial charge in [-0.3, -0.25) is 14.5 Å². The van der Waals surface area contributed by atoms with Crippen LogP contribution in [0.25, 0.3) is 0 Å². The van der Waals surface area contributed by atoms with E-state index in [0.29, 0.717) is 6.92 Å².